The molecule has 0 radical (unpaired) electrons. The Morgan fingerprint density at radius 1 is 1.20 bits per heavy atom. The van der Waals surface area contributed by atoms with E-state index in [-0.39, 0.29) is 18.0 Å². The largest absolute Gasteiger partial charge is 0.416 e. The van der Waals surface area contributed by atoms with Gasteiger partial charge < -0.3 is 9.42 Å². The Balaban J connectivity index is 1.28. The molecule has 0 atom stereocenters. The van der Waals surface area contributed by atoms with Crippen LogP contribution in [0.5, 0.6) is 0 Å². The lowest BCUT2D eigenvalue weighted by atomic mass is 9.96. The van der Waals surface area contributed by atoms with E-state index in [2.05, 4.69) is 25.0 Å². The summed E-state index contributed by atoms with van der Waals surface area (Å²) in [6.45, 7) is 2.41. The van der Waals surface area contributed by atoms with Gasteiger partial charge >= 0.3 is 6.18 Å². The molecule has 1 fully saturated rings. The molecule has 2 N–H and O–H groups in total. The second-order valence-corrected chi connectivity index (χ2v) is 8.36. The van der Waals surface area contributed by atoms with Crippen molar-refractivity contribution in [3.8, 4) is 0 Å². The third-order valence-electron chi connectivity index (χ3n) is 5.84. The van der Waals surface area contributed by atoms with Crippen LogP contribution in [0.4, 0.5) is 19.1 Å². The standard InChI is InChI=1S/C22H24F3N7O3/c1-31(21-26-10-16(11-27-21)20(33)29-34)13-18-28-19(30-35-18)15-6-8-32(9-7-15)12-14-2-4-17(5-3-14)22(23,24)25/h2-5,10-11,15,34H,6-9,12-13H2,1H3,(H,29,33). The number of benzene rings is 1. The number of carbonyl (C=O) groups excluding carboxylic acids is 1. The maximum Gasteiger partial charge on any atom is 0.416 e. The molecule has 3 aromatic rings. The van der Waals surface area contributed by atoms with Crippen molar-refractivity contribution in [1.82, 2.24) is 30.5 Å². The molecule has 3 heterocycles. The number of amides is 1. The van der Waals surface area contributed by atoms with Gasteiger partial charge in [-0.15, -0.1) is 0 Å². The van der Waals surface area contributed by atoms with E-state index in [1.54, 1.807) is 11.9 Å². The molecule has 1 amide bonds. The quantitative estimate of drug-likeness (QED) is 0.380. The summed E-state index contributed by atoms with van der Waals surface area (Å²) in [5, 5.41) is 12.8. The van der Waals surface area contributed by atoms with Crippen molar-refractivity contribution >= 4 is 11.9 Å². The van der Waals surface area contributed by atoms with Gasteiger partial charge in [0.1, 0.15) is 0 Å². The number of anilines is 1. The first kappa shape index (κ1) is 24.5. The number of nitrogens with zero attached hydrogens (tertiary/aromatic N) is 6. The summed E-state index contributed by atoms with van der Waals surface area (Å²) in [7, 11) is 1.74. The first-order valence-corrected chi connectivity index (χ1v) is 10.9. The van der Waals surface area contributed by atoms with Crippen LogP contribution in [0.25, 0.3) is 0 Å². The summed E-state index contributed by atoms with van der Waals surface area (Å²) in [6, 6.07) is 5.28. The minimum atomic E-state index is -4.33. The fraction of sp³-hybridized carbons (Fsp3) is 0.409. The lowest BCUT2D eigenvalue weighted by Crippen LogP contribution is -2.32. The third kappa shape index (κ3) is 6.11. The Morgan fingerprint density at radius 3 is 2.46 bits per heavy atom. The number of nitrogens with one attached hydrogen (secondary N) is 1. The summed E-state index contributed by atoms with van der Waals surface area (Å²) in [6.07, 6.45) is -0.116. The van der Waals surface area contributed by atoms with Gasteiger partial charge in [0.15, 0.2) is 5.82 Å². The van der Waals surface area contributed by atoms with Gasteiger partial charge in [-0.1, -0.05) is 17.3 Å². The number of hydrogen-bond acceptors (Lipinski definition) is 9. The van der Waals surface area contributed by atoms with Gasteiger partial charge in [-0.2, -0.15) is 18.2 Å². The van der Waals surface area contributed by atoms with Crippen molar-refractivity contribution in [2.75, 3.05) is 25.0 Å². The molecule has 2 aromatic heterocycles. The Hall–Kier alpha value is -3.58. The molecular weight excluding hydrogens is 467 g/mol. The average molecular weight is 491 g/mol. The van der Waals surface area contributed by atoms with Crippen molar-refractivity contribution in [2.24, 2.45) is 0 Å². The van der Waals surface area contributed by atoms with E-state index in [4.69, 9.17) is 9.73 Å². The second-order valence-electron chi connectivity index (χ2n) is 8.36. The monoisotopic (exact) mass is 491 g/mol. The van der Waals surface area contributed by atoms with E-state index in [0.717, 1.165) is 43.6 Å². The maximum atomic E-state index is 12.7. The maximum absolute atomic E-state index is 12.7. The van der Waals surface area contributed by atoms with Gasteiger partial charge in [-0.3, -0.25) is 14.9 Å². The number of aromatic nitrogens is 4. The SMILES string of the molecule is CN(Cc1nc(C2CCN(Cc3ccc(C(F)(F)F)cc3)CC2)no1)c1ncc(C(=O)NO)cn1. The molecule has 13 heteroatoms. The molecule has 0 spiro atoms. The molecular formula is C22H24F3N7O3. The third-order valence-corrected chi connectivity index (χ3v) is 5.84. The normalized spacial score (nSPS) is 15.2. The number of piperidine rings is 1. The number of hydroxylamine groups is 1. The molecule has 0 saturated carbocycles. The van der Waals surface area contributed by atoms with Crippen molar-refractivity contribution in [3.05, 3.63) is 65.1 Å². The van der Waals surface area contributed by atoms with Crippen LogP contribution in [0.1, 0.15) is 52.0 Å². The molecule has 0 unspecified atom stereocenters. The minimum Gasteiger partial charge on any atom is -0.337 e. The zero-order valence-electron chi connectivity index (χ0n) is 18.9. The summed E-state index contributed by atoms with van der Waals surface area (Å²) in [5.41, 5.74) is 1.84. The van der Waals surface area contributed by atoms with Crippen molar-refractivity contribution in [3.63, 3.8) is 0 Å². The van der Waals surface area contributed by atoms with Gasteiger partial charge in [0.2, 0.25) is 11.8 Å². The smallest absolute Gasteiger partial charge is 0.337 e. The topological polar surface area (TPSA) is 121 Å². The lowest BCUT2D eigenvalue weighted by Gasteiger charge is -2.30. The first-order valence-electron chi connectivity index (χ1n) is 10.9. The van der Waals surface area contributed by atoms with Crippen LogP contribution in [0.15, 0.2) is 41.2 Å². The molecule has 1 aliphatic rings. The Morgan fingerprint density at radius 2 is 1.86 bits per heavy atom. The molecule has 10 nitrogen and oxygen atoms in total. The van der Waals surface area contributed by atoms with Gasteiger partial charge in [-0.25, -0.2) is 15.4 Å². The zero-order valence-corrected chi connectivity index (χ0v) is 18.9. The van der Waals surface area contributed by atoms with Crippen molar-refractivity contribution in [1.29, 1.82) is 0 Å². The van der Waals surface area contributed by atoms with Crippen LogP contribution in [0.2, 0.25) is 0 Å². The van der Waals surface area contributed by atoms with Gasteiger partial charge in [0, 0.05) is 31.9 Å². The van der Waals surface area contributed by atoms with Crippen LogP contribution >= 0.6 is 0 Å². The van der Waals surface area contributed by atoms with E-state index >= 15 is 0 Å². The summed E-state index contributed by atoms with van der Waals surface area (Å²) < 4.78 is 43.6. The van der Waals surface area contributed by atoms with Crippen LogP contribution in [0, 0.1) is 0 Å². The van der Waals surface area contributed by atoms with E-state index in [9.17, 15) is 18.0 Å². The summed E-state index contributed by atoms with van der Waals surface area (Å²) in [5.74, 6) is 0.796. The highest BCUT2D eigenvalue weighted by atomic mass is 19.4. The van der Waals surface area contributed by atoms with Crippen LogP contribution < -0.4 is 10.4 Å². The highest BCUT2D eigenvalue weighted by Crippen LogP contribution is 2.30. The number of halogens is 3. The van der Waals surface area contributed by atoms with E-state index < -0.39 is 17.6 Å². The van der Waals surface area contributed by atoms with Crippen LogP contribution in [0.3, 0.4) is 0 Å². The average Bonchev–Trinajstić information content (AvgIpc) is 3.32. The van der Waals surface area contributed by atoms with Crippen LogP contribution in [-0.2, 0) is 19.3 Å². The van der Waals surface area contributed by atoms with E-state index in [0.29, 0.717) is 24.2 Å². The molecule has 4 rings (SSSR count). The fourth-order valence-electron chi connectivity index (χ4n) is 3.88. The molecule has 186 valence electrons. The molecule has 1 aromatic carbocycles. The molecule has 35 heavy (non-hydrogen) atoms. The number of likely N-dealkylation sites (tertiary alicyclic amines) is 1. The van der Waals surface area contributed by atoms with Crippen LogP contribution in [-0.4, -0.2) is 56.3 Å². The number of alkyl halides is 3. The van der Waals surface area contributed by atoms with E-state index in [1.807, 2.05) is 0 Å². The predicted molar refractivity (Wildman–Crippen MR) is 116 cm³/mol. The highest BCUT2D eigenvalue weighted by Gasteiger charge is 2.30. The number of rotatable bonds is 7. The first-order chi connectivity index (χ1) is 16.7. The lowest BCUT2D eigenvalue weighted by molar-refractivity contribution is -0.137. The van der Waals surface area contributed by atoms with Crippen molar-refractivity contribution < 1.29 is 27.7 Å². The fourth-order valence-corrected chi connectivity index (χ4v) is 3.88. The number of carbonyl (C=O) groups is 1. The van der Waals surface area contributed by atoms with E-state index in [1.165, 1.54) is 30.0 Å². The molecule has 1 saturated heterocycles. The minimum absolute atomic E-state index is 0.120. The number of hydrogen-bond donors (Lipinski definition) is 2. The molecule has 1 aliphatic heterocycles. The highest BCUT2D eigenvalue weighted by molar-refractivity contribution is 5.92. The van der Waals surface area contributed by atoms with Crippen molar-refractivity contribution in [2.45, 2.75) is 38.0 Å². The Labute approximate surface area is 198 Å². The summed E-state index contributed by atoms with van der Waals surface area (Å²) in [4.78, 5) is 27.9. The molecule has 0 aliphatic carbocycles. The zero-order chi connectivity index (χ0) is 25.0. The van der Waals surface area contributed by atoms with Gasteiger partial charge in [0.25, 0.3) is 5.91 Å². The Kier molecular flexibility index (Phi) is 7.26. The molecule has 0 bridgehead atoms. The predicted octanol–water partition coefficient (Wildman–Crippen LogP) is 3.01. The second kappa shape index (κ2) is 10.4. The van der Waals surface area contributed by atoms with Gasteiger partial charge in [0.05, 0.1) is 17.7 Å². The Bertz CT molecular complexity index is 1130. The van der Waals surface area contributed by atoms with Gasteiger partial charge in [-0.05, 0) is 43.6 Å². The summed E-state index contributed by atoms with van der Waals surface area (Å²) >= 11 is 0.